The van der Waals surface area contributed by atoms with Crippen molar-refractivity contribution in [3.63, 3.8) is 0 Å². The van der Waals surface area contributed by atoms with Gasteiger partial charge in [0.05, 0.1) is 5.41 Å². The highest BCUT2D eigenvalue weighted by molar-refractivity contribution is 5.81. The first-order chi connectivity index (χ1) is 7.96. The average Bonchev–Trinajstić information content (AvgIpc) is 2.30. The summed E-state index contributed by atoms with van der Waals surface area (Å²) < 4.78 is 26.2. The molecule has 0 radical (unpaired) electrons. The van der Waals surface area contributed by atoms with Gasteiger partial charge in [0.1, 0.15) is 0 Å². The number of alkyl halides is 2. The van der Waals surface area contributed by atoms with Gasteiger partial charge in [0.2, 0.25) is 5.92 Å². The van der Waals surface area contributed by atoms with Crippen molar-refractivity contribution in [3.8, 4) is 0 Å². The Morgan fingerprint density at radius 1 is 1.29 bits per heavy atom. The number of pyridine rings is 1. The second-order valence-electron chi connectivity index (χ2n) is 4.48. The van der Waals surface area contributed by atoms with Gasteiger partial charge in [-0.05, 0) is 24.5 Å². The average molecular weight is 241 g/mol. The van der Waals surface area contributed by atoms with E-state index >= 15 is 0 Å². The molecule has 0 spiro atoms. The number of hydrogen-bond acceptors (Lipinski definition) is 2. The molecule has 2 rings (SSSR count). The molecule has 1 N–H and O–H groups in total. The summed E-state index contributed by atoms with van der Waals surface area (Å²) in [6.45, 7) is 0. The number of carbonyl (C=O) groups is 1. The first-order valence-electron chi connectivity index (χ1n) is 5.48. The van der Waals surface area contributed by atoms with Gasteiger partial charge >= 0.3 is 5.97 Å². The van der Waals surface area contributed by atoms with Gasteiger partial charge in [-0.15, -0.1) is 0 Å². The maximum Gasteiger partial charge on any atom is 0.314 e. The Bertz CT molecular complexity index is 410. The zero-order valence-electron chi connectivity index (χ0n) is 9.20. The van der Waals surface area contributed by atoms with Crippen LogP contribution in [0.3, 0.4) is 0 Å². The standard InChI is InChI=1S/C12H13F2NO2/c13-12(14)5-3-11(4-6-12,10(16)17)9-2-1-7-15-8-9/h1-2,7-8H,3-6H2,(H,16,17). The number of aromatic nitrogens is 1. The molecular weight excluding hydrogens is 228 g/mol. The molecule has 1 heterocycles. The summed E-state index contributed by atoms with van der Waals surface area (Å²) >= 11 is 0. The van der Waals surface area contributed by atoms with Crippen LogP contribution in [0.2, 0.25) is 0 Å². The molecule has 3 nitrogen and oxygen atoms in total. The van der Waals surface area contributed by atoms with E-state index in [4.69, 9.17) is 0 Å². The number of nitrogens with zero attached hydrogens (tertiary/aromatic N) is 1. The van der Waals surface area contributed by atoms with Crippen molar-refractivity contribution in [2.75, 3.05) is 0 Å². The lowest BCUT2D eigenvalue weighted by Gasteiger charge is -2.36. The summed E-state index contributed by atoms with van der Waals surface area (Å²) in [6, 6.07) is 3.28. The van der Waals surface area contributed by atoms with Gasteiger partial charge in [-0.2, -0.15) is 0 Å². The minimum Gasteiger partial charge on any atom is -0.481 e. The molecule has 1 aromatic rings. The fourth-order valence-corrected chi connectivity index (χ4v) is 2.31. The topological polar surface area (TPSA) is 50.2 Å². The molecule has 0 bridgehead atoms. The van der Waals surface area contributed by atoms with Crippen molar-refractivity contribution in [2.24, 2.45) is 0 Å². The van der Waals surface area contributed by atoms with E-state index < -0.39 is 17.3 Å². The van der Waals surface area contributed by atoms with Crippen LogP contribution in [0.15, 0.2) is 24.5 Å². The number of carboxylic acids is 1. The van der Waals surface area contributed by atoms with Crippen LogP contribution in [0.1, 0.15) is 31.2 Å². The Morgan fingerprint density at radius 2 is 1.94 bits per heavy atom. The number of hydrogen-bond donors (Lipinski definition) is 1. The molecule has 1 aliphatic carbocycles. The first-order valence-corrected chi connectivity index (χ1v) is 5.48. The van der Waals surface area contributed by atoms with Gasteiger partial charge in [-0.3, -0.25) is 9.78 Å². The highest BCUT2D eigenvalue weighted by Gasteiger charge is 2.49. The van der Waals surface area contributed by atoms with Crippen LogP contribution in [0.4, 0.5) is 8.78 Å². The fraction of sp³-hybridized carbons (Fsp3) is 0.500. The molecule has 17 heavy (non-hydrogen) atoms. The van der Waals surface area contributed by atoms with E-state index in [0.29, 0.717) is 5.56 Å². The third kappa shape index (κ3) is 2.14. The van der Waals surface area contributed by atoms with Crippen LogP contribution in [-0.4, -0.2) is 22.0 Å². The second-order valence-corrected chi connectivity index (χ2v) is 4.48. The lowest BCUT2D eigenvalue weighted by atomic mass is 9.69. The molecule has 1 fully saturated rings. The van der Waals surface area contributed by atoms with Gasteiger partial charge in [-0.1, -0.05) is 6.07 Å². The number of rotatable bonds is 2. The molecule has 92 valence electrons. The maximum atomic E-state index is 13.1. The zero-order chi connectivity index (χ0) is 12.5. The summed E-state index contributed by atoms with van der Waals surface area (Å²) in [4.78, 5) is 15.3. The van der Waals surface area contributed by atoms with Crippen molar-refractivity contribution in [2.45, 2.75) is 37.0 Å². The summed E-state index contributed by atoms with van der Waals surface area (Å²) in [5.74, 6) is -3.78. The quantitative estimate of drug-likeness (QED) is 0.865. The highest BCUT2D eigenvalue weighted by Crippen LogP contribution is 2.45. The third-order valence-electron chi connectivity index (χ3n) is 3.46. The van der Waals surface area contributed by atoms with E-state index in [1.54, 1.807) is 12.1 Å². The first kappa shape index (κ1) is 12.0. The third-order valence-corrected chi connectivity index (χ3v) is 3.46. The molecule has 0 aromatic carbocycles. The molecule has 1 saturated carbocycles. The molecule has 0 atom stereocenters. The van der Waals surface area contributed by atoms with E-state index in [1.807, 2.05) is 0 Å². The van der Waals surface area contributed by atoms with E-state index in [2.05, 4.69) is 4.98 Å². The summed E-state index contributed by atoms with van der Waals surface area (Å²) in [7, 11) is 0. The Morgan fingerprint density at radius 3 is 2.41 bits per heavy atom. The lowest BCUT2D eigenvalue weighted by molar-refractivity contribution is -0.149. The largest absolute Gasteiger partial charge is 0.481 e. The zero-order valence-corrected chi connectivity index (χ0v) is 9.20. The van der Waals surface area contributed by atoms with Gasteiger partial charge in [0.25, 0.3) is 0 Å². The molecule has 5 heteroatoms. The van der Waals surface area contributed by atoms with Gasteiger partial charge in [0, 0.05) is 25.2 Å². The SMILES string of the molecule is O=C(O)C1(c2cccnc2)CCC(F)(F)CC1. The van der Waals surface area contributed by atoms with E-state index in [9.17, 15) is 18.7 Å². The Labute approximate surface area is 97.5 Å². The van der Waals surface area contributed by atoms with Crippen LogP contribution in [-0.2, 0) is 10.2 Å². The van der Waals surface area contributed by atoms with Crippen LogP contribution >= 0.6 is 0 Å². The number of halogens is 2. The van der Waals surface area contributed by atoms with Crippen LogP contribution in [0, 0.1) is 0 Å². The van der Waals surface area contributed by atoms with Crippen molar-refractivity contribution in [3.05, 3.63) is 30.1 Å². The molecule has 0 unspecified atom stereocenters. The van der Waals surface area contributed by atoms with Crippen molar-refractivity contribution < 1.29 is 18.7 Å². The van der Waals surface area contributed by atoms with Gasteiger partial charge < -0.3 is 5.11 Å². The normalized spacial score (nSPS) is 22.0. The number of aliphatic carboxylic acids is 1. The summed E-state index contributed by atoms with van der Waals surface area (Å²) in [5.41, 5.74) is -0.682. The molecule has 1 aliphatic rings. The van der Waals surface area contributed by atoms with Crippen LogP contribution < -0.4 is 0 Å². The fourth-order valence-electron chi connectivity index (χ4n) is 2.31. The summed E-state index contributed by atoms with van der Waals surface area (Å²) in [6.07, 6.45) is 2.15. The Hall–Kier alpha value is -1.52. The lowest BCUT2D eigenvalue weighted by Crippen LogP contribution is -2.42. The number of carboxylic acid groups (broad SMARTS) is 1. The second kappa shape index (κ2) is 4.05. The van der Waals surface area contributed by atoms with Crippen molar-refractivity contribution in [1.29, 1.82) is 0 Å². The minimum absolute atomic E-state index is 0.0406. The van der Waals surface area contributed by atoms with Crippen molar-refractivity contribution in [1.82, 2.24) is 4.98 Å². The predicted octanol–water partition coefficient (Wildman–Crippen LogP) is 2.61. The molecule has 1 aromatic heterocycles. The smallest absolute Gasteiger partial charge is 0.314 e. The van der Waals surface area contributed by atoms with E-state index in [1.165, 1.54) is 12.4 Å². The maximum absolute atomic E-state index is 13.1. The van der Waals surface area contributed by atoms with Crippen LogP contribution in [0.5, 0.6) is 0 Å². The molecular formula is C12H13F2NO2. The van der Waals surface area contributed by atoms with Crippen molar-refractivity contribution >= 4 is 5.97 Å². The highest BCUT2D eigenvalue weighted by atomic mass is 19.3. The van der Waals surface area contributed by atoms with Crippen LogP contribution in [0.25, 0.3) is 0 Å². The predicted molar refractivity (Wildman–Crippen MR) is 57.0 cm³/mol. The van der Waals surface area contributed by atoms with E-state index in [0.717, 1.165) is 0 Å². The molecule has 0 amide bonds. The van der Waals surface area contributed by atoms with Gasteiger partial charge in [-0.25, -0.2) is 8.78 Å². The molecule has 0 aliphatic heterocycles. The minimum atomic E-state index is -2.73. The summed E-state index contributed by atoms with van der Waals surface area (Å²) in [5, 5.41) is 9.34. The van der Waals surface area contributed by atoms with Gasteiger partial charge in [0.15, 0.2) is 0 Å². The Balaban J connectivity index is 2.33. The molecule has 0 saturated heterocycles. The monoisotopic (exact) mass is 241 g/mol. The van der Waals surface area contributed by atoms with E-state index in [-0.39, 0.29) is 25.7 Å². The Kier molecular flexibility index (Phi) is 2.85.